The highest BCUT2D eigenvalue weighted by Gasteiger charge is 2.11. The van der Waals surface area contributed by atoms with Crippen molar-refractivity contribution in [3.05, 3.63) is 48.5 Å². The van der Waals surface area contributed by atoms with Crippen LogP contribution in [0, 0.1) is 0 Å². The maximum absolute atomic E-state index is 4.83. The molecule has 0 aliphatic heterocycles. The number of nitrogens with one attached hydrogen (secondary N) is 2. The van der Waals surface area contributed by atoms with E-state index < -0.39 is 0 Å². The molecule has 0 bridgehead atoms. The lowest BCUT2D eigenvalue weighted by molar-refractivity contribution is 1.32. The predicted octanol–water partition coefficient (Wildman–Crippen LogP) is 3.75. The normalized spacial score (nSPS) is 12.0. The van der Waals surface area contributed by atoms with E-state index in [9.17, 15) is 0 Å². The van der Waals surface area contributed by atoms with Gasteiger partial charge in [0.05, 0.1) is 0 Å². The van der Waals surface area contributed by atoms with Gasteiger partial charge in [0.1, 0.15) is 11.0 Å². The molecule has 5 aromatic rings. The molecule has 20 heavy (non-hydrogen) atoms. The Kier molecular flexibility index (Phi) is 1.68. The van der Waals surface area contributed by atoms with E-state index in [1.165, 1.54) is 0 Å². The second kappa shape index (κ2) is 3.36. The lowest BCUT2D eigenvalue weighted by atomic mass is 10.2. The van der Waals surface area contributed by atoms with Crippen LogP contribution >= 0.6 is 0 Å². The van der Waals surface area contributed by atoms with Crippen molar-refractivity contribution >= 4 is 44.1 Å². The number of benzene rings is 2. The second-order valence-corrected chi connectivity index (χ2v) is 4.96. The Bertz CT molecular complexity index is 1020. The lowest BCUT2D eigenvalue weighted by Gasteiger charge is -1.92. The van der Waals surface area contributed by atoms with Gasteiger partial charge in [0.25, 0.3) is 0 Å². The number of hydrogen-bond acceptors (Lipinski definition) is 2. The molecular weight excluding hydrogens is 248 g/mol. The highest BCUT2D eigenvalue weighted by molar-refractivity contribution is 6.10. The molecule has 0 fully saturated rings. The van der Waals surface area contributed by atoms with Crippen LogP contribution in [0.5, 0.6) is 0 Å². The molecule has 0 saturated carbocycles. The molecular formula is C16H10N4. The summed E-state index contributed by atoms with van der Waals surface area (Å²) in [5.74, 6) is 0. The van der Waals surface area contributed by atoms with Gasteiger partial charge in [-0.2, -0.15) is 0 Å². The van der Waals surface area contributed by atoms with Gasteiger partial charge in [-0.05, 0) is 12.1 Å². The summed E-state index contributed by atoms with van der Waals surface area (Å²) in [6.07, 6.45) is 0. The molecule has 4 heteroatoms. The van der Waals surface area contributed by atoms with Crippen molar-refractivity contribution in [2.75, 3.05) is 0 Å². The van der Waals surface area contributed by atoms with Crippen LogP contribution < -0.4 is 0 Å². The maximum Gasteiger partial charge on any atom is 0.159 e. The van der Waals surface area contributed by atoms with Crippen molar-refractivity contribution in [2.45, 2.75) is 0 Å². The lowest BCUT2D eigenvalue weighted by Crippen LogP contribution is -1.83. The Labute approximate surface area is 113 Å². The molecule has 3 heterocycles. The second-order valence-electron chi connectivity index (χ2n) is 4.96. The zero-order valence-electron chi connectivity index (χ0n) is 10.5. The largest absolute Gasteiger partial charge is 0.338 e. The third kappa shape index (κ3) is 1.15. The van der Waals surface area contributed by atoms with Crippen molar-refractivity contribution in [1.82, 2.24) is 19.9 Å². The molecule has 0 aliphatic rings. The third-order valence-corrected chi connectivity index (χ3v) is 3.77. The fourth-order valence-corrected chi connectivity index (χ4v) is 2.84. The Balaban J connectivity index is 2.06. The molecule has 3 aromatic heterocycles. The van der Waals surface area contributed by atoms with E-state index in [0.717, 1.165) is 44.1 Å². The van der Waals surface area contributed by atoms with Crippen molar-refractivity contribution < 1.29 is 0 Å². The number of para-hydroxylation sites is 2. The van der Waals surface area contributed by atoms with Crippen LogP contribution in [0.4, 0.5) is 0 Å². The molecule has 0 amide bonds. The minimum Gasteiger partial charge on any atom is -0.338 e. The van der Waals surface area contributed by atoms with Crippen LogP contribution in [0.2, 0.25) is 0 Å². The molecule has 0 atom stereocenters. The van der Waals surface area contributed by atoms with Gasteiger partial charge in [-0.3, -0.25) is 0 Å². The van der Waals surface area contributed by atoms with E-state index in [1.54, 1.807) is 0 Å². The molecule has 0 spiro atoms. The summed E-state index contributed by atoms with van der Waals surface area (Å²) in [5, 5.41) is 2.23. The number of H-pyrrole nitrogens is 2. The molecule has 0 aliphatic carbocycles. The summed E-state index contributed by atoms with van der Waals surface area (Å²) in [4.78, 5) is 16.1. The van der Waals surface area contributed by atoms with Crippen molar-refractivity contribution in [2.24, 2.45) is 0 Å². The van der Waals surface area contributed by atoms with Crippen LogP contribution in [0.25, 0.3) is 44.1 Å². The topological polar surface area (TPSA) is 57.4 Å². The number of rotatable bonds is 0. The molecule has 5 rings (SSSR count). The van der Waals surface area contributed by atoms with Crippen LogP contribution in [0.3, 0.4) is 0 Å². The van der Waals surface area contributed by atoms with Crippen LogP contribution in [-0.4, -0.2) is 19.9 Å². The molecule has 2 aromatic carbocycles. The van der Waals surface area contributed by atoms with Gasteiger partial charge in [-0.1, -0.05) is 36.4 Å². The highest BCUT2D eigenvalue weighted by atomic mass is 15.0. The van der Waals surface area contributed by atoms with Crippen LogP contribution in [-0.2, 0) is 0 Å². The van der Waals surface area contributed by atoms with Crippen molar-refractivity contribution in [3.8, 4) is 0 Å². The van der Waals surface area contributed by atoms with Gasteiger partial charge < -0.3 is 9.97 Å². The number of aromatic amines is 2. The van der Waals surface area contributed by atoms with Gasteiger partial charge in [0, 0.05) is 21.8 Å². The van der Waals surface area contributed by atoms with Gasteiger partial charge in [-0.25, -0.2) is 9.97 Å². The third-order valence-electron chi connectivity index (χ3n) is 3.77. The predicted molar refractivity (Wildman–Crippen MR) is 80.8 cm³/mol. The molecule has 0 saturated heterocycles. The van der Waals surface area contributed by atoms with E-state index in [0.29, 0.717) is 0 Å². The number of aromatic nitrogens is 4. The van der Waals surface area contributed by atoms with E-state index >= 15 is 0 Å². The van der Waals surface area contributed by atoms with Gasteiger partial charge in [-0.15, -0.1) is 0 Å². The average molecular weight is 258 g/mol. The van der Waals surface area contributed by atoms with Gasteiger partial charge >= 0.3 is 0 Å². The first-order chi connectivity index (χ1) is 9.90. The van der Waals surface area contributed by atoms with Crippen molar-refractivity contribution in [3.63, 3.8) is 0 Å². The van der Waals surface area contributed by atoms with Crippen molar-refractivity contribution in [1.29, 1.82) is 0 Å². The quantitative estimate of drug-likeness (QED) is 0.444. The molecule has 0 radical (unpaired) electrons. The smallest absolute Gasteiger partial charge is 0.159 e. The zero-order valence-corrected chi connectivity index (χ0v) is 10.5. The number of hydrogen-bond donors (Lipinski definition) is 2. The minimum atomic E-state index is 0.824. The SMILES string of the molecule is c1ccc2c(c1)[nH]c1nc3[nH]c4ccccc4c3nc12. The minimum absolute atomic E-state index is 0.824. The monoisotopic (exact) mass is 258 g/mol. The Morgan fingerprint density at radius 2 is 1.10 bits per heavy atom. The zero-order chi connectivity index (χ0) is 13.1. The molecule has 0 unspecified atom stereocenters. The van der Waals surface area contributed by atoms with E-state index in [-0.39, 0.29) is 0 Å². The first-order valence-electron chi connectivity index (χ1n) is 6.55. The summed E-state index contributed by atoms with van der Waals surface area (Å²) >= 11 is 0. The van der Waals surface area contributed by atoms with Crippen LogP contribution in [0.1, 0.15) is 0 Å². The van der Waals surface area contributed by atoms with Gasteiger partial charge in [0.2, 0.25) is 0 Å². The first kappa shape index (κ1) is 9.97. The summed E-state index contributed by atoms with van der Waals surface area (Å²) in [6, 6.07) is 16.3. The van der Waals surface area contributed by atoms with Crippen LogP contribution in [0.15, 0.2) is 48.5 Å². The Hall–Kier alpha value is -2.88. The van der Waals surface area contributed by atoms with E-state index in [4.69, 9.17) is 4.98 Å². The Morgan fingerprint density at radius 1 is 0.600 bits per heavy atom. The summed E-state index contributed by atoms with van der Waals surface area (Å²) < 4.78 is 0. The average Bonchev–Trinajstić information content (AvgIpc) is 3.02. The summed E-state index contributed by atoms with van der Waals surface area (Å²) in [5.41, 5.74) is 5.64. The molecule has 94 valence electrons. The fraction of sp³-hybridized carbons (Fsp3) is 0. The highest BCUT2D eigenvalue weighted by Crippen LogP contribution is 2.28. The maximum atomic E-state index is 4.83. The first-order valence-corrected chi connectivity index (χ1v) is 6.55. The number of fused-ring (bicyclic) bond motifs is 6. The van der Waals surface area contributed by atoms with E-state index in [1.807, 2.05) is 36.4 Å². The number of nitrogens with zero attached hydrogens (tertiary/aromatic N) is 2. The van der Waals surface area contributed by atoms with Gasteiger partial charge in [0.15, 0.2) is 11.3 Å². The fourth-order valence-electron chi connectivity index (χ4n) is 2.84. The van der Waals surface area contributed by atoms with E-state index in [2.05, 4.69) is 27.1 Å². The standard InChI is InChI=1S/C16H10N4/c1-3-7-11-9(5-1)13-15(17-11)20-16-14(19-13)10-6-2-4-8-12(10)18-16/h1-8H,(H2,17,18,20). The molecule has 2 N–H and O–H groups in total. The summed E-state index contributed by atoms with van der Waals surface area (Å²) in [7, 11) is 0. The molecule has 4 nitrogen and oxygen atoms in total. The summed E-state index contributed by atoms with van der Waals surface area (Å²) in [6.45, 7) is 0. The Morgan fingerprint density at radius 3 is 1.65 bits per heavy atom.